The normalized spacial score (nSPS) is 10.2. The van der Waals surface area contributed by atoms with Crippen molar-refractivity contribution in [1.29, 1.82) is 0 Å². The van der Waals surface area contributed by atoms with Crippen LogP contribution in [-0.2, 0) is 0 Å². The fourth-order valence-electron chi connectivity index (χ4n) is 1.53. The quantitative estimate of drug-likeness (QED) is 0.855. The Balaban J connectivity index is 2.34. The molecule has 0 aliphatic rings. The Kier molecular flexibility index (Phi) is 3.89. The molecule has 1 aromatic heterocycles. The molecule has 0 aliphatic carbocycles. The maximum absolute atomic E-state index is 12.3. The number of carbonyl (C=O) groups excluding carboxylic acids is 1. The number of aromatic nitrogens is 1. The molecule has 2 rings (SSSR count). The molecule has 2 aromatic rings. The number of carbonyl (C=O) groups is 1. The standard InChI is InChI=1S/C13H11ClN2OS/c1-16(9-3-2-6-15-8-9)13(17)11-7-10(18)4-5-12(11)14/h2-8,18H,1H3. The third kappa shape index (κ3) is 2.66. The number of hydrogen-bond acceptors (Lipinski definition) is 3. The number of halogens is 1. The molecule has 0 radical (unpaired) electrons. The fraction of sp³-hybridized carbons (Fsp3) is 0.0769. The molecule has 0 aliphatic heterocycles. The smallest absolute Gasteiger partial charge is 0.259 e. The monoisotopic (exact) mass is 278 g/mol. The summed E-state index contributed by atoms with van der Waals surface area (Å²) in [4.78, 5) is 18.5. The first-order valence-corrected chi connectivity index (χ1v) is 6.08. The Hall–Kier alpha value is -1.52. The van der Waals surface area contributed by atoms with E-state index in [2.05, 4.69) is 17.6 Å². The van der Waals surface area contributed by atoms with Crippen molar-refractivity contribution in [2.75, 3.05) is 11.9 Å². The lowest BCUT2D eigenvalue weighted by Gasteiger charge is -2.17. The zero-order valence-corrected chi connectivity index (χ0v) is 11.3. The van der Waals surface area contributed by atoms with Crippen molar-refractivity contribution >= 4 is 35.8 Å². The molecule has 92 valence electrons. The number of nitrogens with zero attached hydrogens (tertiary/aromatic N) is 2. The van der Waals surface area contributed by atoms with Crippen molar-refractivity contribution in [3.05, 3.63) is 53.3 Å². The summed E-state index contributed by atoms with van der Waals surface area (Å²) in [6.45, 7) is 0. The predicted molar refractivity (Wildman–Crippen MR) is 75.7 cm³/mol. The number of pyridine rings is 1. The Morgan fingerprint density at radius 3 is 2.83 bits per heavy atom. The van der Waals surface area contributed by atoms with Gasteiger partial charge in [0.15, 0.2) is 0 Å². The molecule has 0 fully saturated rings. The van der Waals surface area contributed by atoms with Crippen LogP contribution in [0.2, 0.25) is 5.02 Å². The van der Waals surface area contributed by atoms with Gasteiger partial charge in [0.05, 0.1) is 22.5 Å². The highest BCUT2D eigenvalue weighted by Crippen LogP contribution is 2.22. The molecule has 1 aromatic carbocycles. The molecular formula is C13H11ClN2OS. The summed E-state index contributed by atoms with van der Waals surface area (Å²) in [5, 5.41) is 0.411. The number of rotatable bonds is 2. The van der Waals surface area contributed by atoms with Crippen molar-refractivity contribution in [2.24, 2.45) is 0 Å². The molecular weight excluding hydrogens is 268 g/mol. The first-order chi connectivity index (χ1) is 8.59. The summed E-state index contributed by atoms with van der Waals surface area (Å²) in [5.74, 6) is -0.191. The lowest BCUT2D eigenvalue weighted by atomic mass is 10.2. The van der Waals surface area contributed by atoms with Gasteiger partial charge in [-0.25, -0.2) is 0 Å². The summed E-state index contributed by atoms with van der Waals surface area (Å²) in [6.07, 6.45) is 3.28. The van der Waals surface area contributed by atoms with Gasteiger partial charge < -0.3 is 4.90 Å². The molecule has 1 amide bonds. The molecule has 0 bridgehead atoms. The molecule has 0 atom stereocenters. The van der Waals surface area contributed by atoms with E-state index >= 15 is 0 Å². The Morgan fingerprint density at radius 1 is 1.39 bits per heavy atom. The van der Waals surface area contributed by atoms with Gasteiger partial charge in [-0.15, -0.1) is 12.6 Å². The summed E-state index contributed by atoms with van der Waals surface area (Å²) in [6, 6.07) is 8.64. The number of benzene rings is 1. The predicted octanol–water partition coefficient (Wildman–Crippen LogP) is 3.30. The van der Waals surface area contributed by atoms with Gasteiger partial charge in [-0.1, -0.05) is 11.6 Å². The van der Waals surface area contributed by atoms with Gasteiger partial charge in [-0.05, 0) is 30.3 Å². The molecule has 0 saturated carbocycles. The average Bonchev–Trinajstić information content (AvgIpc) is 2.41. The van der Waals surface area contributed by atoms with E-state index in [0.717, 1.165) is 0 Å². The van der Waals surface area contributed by atoms with Crippen LogP contribution in [0.3, 0.4) is 0 Å². The topological polar surface area (TPSA) is 33.2 Å². The van der Waals surface area contributed by atoms with Crippen LogP contribution in [0.4, 0.5) is 5.69 Å². The van der Waals surface area contributed by atoms with Crippen LogP contribution in [0, 0.1) is 0 Å². The van der Waals surface area contributed by atoms with E-state index in [1.54, 1.807) is 43.7 Å². The van der Waals surface area contributed by atoms with Crippen LogP contribution in [-0.4, -0.2) is 17.9 Å². The van der Waals surface area contributed by atoms with E-state index in [-0.39, 0.29) is 5.91 Å². The third-order valence-electron chi connectivity index (χ3n) is 2.52. The summed E-state index contributed by atoms with van der Waals surface area (Å²) in [5.41, 5.74) is 1.14. The lowest BCUT2D eigenvalue weighted by molar-refractivity contribution is 0.0993. The maximum Gasteiger partial charge on any atom is 0.259 e. The summed E-state index contributed by atoms with van der Waals surface area (Å²) >= 11 is 10.2. The van der Waals surface area contributed by atoms with Crippen molar-refractivity contribution in [3.63, 3.8) is 0 Å². The molecule has 3 nitrogen and oxygen atoms in total. The summed E-state index contributed by atoms with van der Waals surface area (Å²) < 4.78 is 0. The highest BCUT2D eigenvalue weighted by atomic mass is 35.5. The molecule has 5 heteroatoms. The molecule has 0 saturated heterocycles. The zero-order chi connectivity index (χ0) is 13.1. The minimum Gasteiger partial charge on any atom is -0.310 e. The fourth-order valence-corrected chi connectivity index (χ4v) is 1.93. The van der Waals surface area contributed by atoms with Gasteiger partial charge in [-0.2, -0.15) is 0 Å². The van der Waals surface area contributed by atoms with E-state index in [9.17, 15) is 4.79 Å². The van der Waals surface area contributed by atoms with Gasteiger partial charge in [0.2, 0.25) is 0 Å². The second-order valence-corrected chi connectivity index (χ2v) is 4.66. The van der Waals surface area contributed by atoms with Gasteiger partial charge >= 0.3 is 0 Å². The van der Waals surface area contributed by atoms with E-state index in [0.29, 0.717) is 21.2 Å². The second-order valence-electron chi connectivity index (χ2n) is 3.74. The highest BCUT2D eigenvalue weighted by molar-refractivity contribution is 7.80. The molecule has 0 unspecified atom stereocenters. The first kappa shape index (κ1) is 12.9. The van der Waals surface area contributed by atoms with E-state index in [4.69, 9.17) is 11.6 Å². The molecule has 1 heterocycles. The van der Waals surface area contributed by atoms with Crippen molar-refractivity contribution < 1.29 is 4.79 Å². The van der Waals surface area contributed by atoms with Crippen molar-refractivity contribution in [3.8, 4) is 0 Å². The van der Waals surface area contributed by atoms with Crippen LogP contribution in [0.15, 0.2) is 47.6 Å². The zero-order valence-electron chi connectivity index (χ0n) is 9.67. The lowest BCUT2D eigenvalue weighted by Crippen LogP contribution is -2.26. The largest absolute Gasteiger partial charge is 0.310 e. The number of anilines is 1. The Labute approximate surface area is 116 Å². The summed E-state index contributed by atoms with van der Waals surface area (Å²) in [7, 11) is 1.68. The molecule has 18 heavy (non-hydrogen) atoms. The van der Waals surface area contributed by atoms with Crippen LogP contribution >= 0.6 is 24.2 Å². The van der Waals surface area contributed by atoms with Gasteiger partial charge in [-0.3, -0.25) is 9.78 Å². The van der Waals surface area contributed by atoms with E-state index in [1.165, 1.54) is 4.90 Å². The Morgan fingerprint density at radius 2 is 2.17 bits per heavy atom. The second kappa shape index (κ2) is 5.42. The van der Waals surface area contributed by atoms with Crippen molar-refractivity contribution in [2.45, 2.75) is 4.90 Å². The van der Waals surface area contributed by atoms with E-state index in [1.807, 2.05) is 6.07 Å². The van der Waals surface area contributed by atoms with Gasteiger partial charge in [0.1, 0.15) is 0 Å². The number of hydrogen-bond donors (Lipinski definition) is 1. The minimum atomic E-state index is -0.191. The molecule has 0 N–H and O–H groups in total. The van der Waals surface area contributed by atoms with E-state index < -0.39 is 0 Å². The minimum absolute atomic E-state index is 0.191. The van der Waals surface area contributed by atoms with Gasteiger partial charge in [0.25, 0.3) is 5.91 Å². The Bertz CT molecular complexity index is 574. The first-order valence-electron chi connectivity index (χ1n) is 5.26. The third-order valence-corrected chi connectivity index (χ3v) is 3.13. The highest BCUT2D eigenvalue weighted by Gasteiger charge is 2.16. The number of thiol groups is 1. The van der Waals surface area contributed by atoms with Crippen LogP contribution < -0.4 is 4.90 Å². The SMILES string of the molecule is CN(C(=O)c1cc(S)ccc1Cl)c1cccnc1. The van der Waals surface area contributed by atoms with Gasteiger partial charge in [0, 0.05) is 18.1 Å². The average molecular weight is 279 g/mol. The van der Waals surface area contributed by atoms with Crippen molar-refractivity contribution in [1.82, 2.24) is 4.98 Å². The number of amides is 1. The molecule has 0 spiro atoms. The van der Waals surface area contributed by atoms with Crippen LogP contribution in [0.5, 0.6) is 0 Å². The van der Waals surface area contributed by atoms with Crippen LogP contribution in [0.25, 0.3) is 0 Å². The maximum atomic E-state index is 12.3. The van der Waals surface area contributed by atoms with Crippen LogP contribution in [0.1, 0.15) is 10.4 Å².